The van der Waals surface area contributed by atoms with Crippen molar-refractivity contribution in [2.75, 3.05) is 12.9 Å². The van der Waals surface area contributed by atoms with Gasteiger partial charge in [0.25, 0.3) is 5.69 Å². The van der Waals surface area contributed by atoms with E-state index in [0.29, 0.717) is 0 Å². The SMILES string of the molecule is COC(=O)c1ccc([N+](=O)[O-])cc1SCC(=O)O. The topological polar surface area (TPSA) is 107 Å². The van der Waals surface area contributed by atoms with Gasteiger partial charge in [0, 0.05) is 17.0 Å². The first-order valence-corrected chi connectivity index (χ1v) is 5.65. The van der Waals surface area contributed by atoms with Gasteiger partial charge in [-0.25, -0.2) is 4.79 Å². The van der Waals surface area contributed by atoms with E-state index in [2.05, 4.69) is 4.74 Å². The predicted octanol–water partition coefficient (Wildman–Crippen LogP) is 1.56. The van der Waals surface area contributed by atoms with Crippen LogP contribution in [0.1, 0.15) is 10.4 Å². The standard InChI is InChI=1S/C10H9NO6S/c1-17-10(14)7-3-2-6(11(15)16)4-8(7)18-5-9(12)13/h2-4H,5H2,1H3,(H,12,13). The number of thioether (sulfide) groups is 1. The van der Waals surface area contributed by atoms with E-state index >= 15 is 0 Å². The summed E-state index contributed by atoms with van der Waals surface area (Å²) in [5, 5.41) is 19.2. The number of carbonyl (C=O) groups is 2. The van der Waals surface area contributed by atoms with E-state index < -0.39 is 16.9 Å². The van der Waals surface area contributed by atoms with Crippen LogP contribution in [0.3, 0.4) is 0 Å². The molecule has 0 aromatic heterocycles. The highest BCUT2D eigenvalue weighted by Gasteiger charge is 2.17. The highest BCUT2D eigenvalue weighted by atomic mass is 32.2. The summed E-state index contributed by atoms with van der Waals surface area (Å²) >= 11 is 0.826. The lowest BCUT2D eigenvalue weighted by atomic mass is 10.2. The van der Waals surface area contributed by atoms with E-state index in [1.165, 1.54) is 13.2 Å². The second kappa shape index (κ2) is 6.01. The molecule has 0 aliphatic rings. The zero-order valence-electron chi connectivity index (χ0n) is 9.28. The first-order chi connectivity index (χ1) is 8.45. The summed E-state index contributed by atoms with van der Waals surface area (Å²) < 4.78 is 4.51. The molecular formula is C10H9NO6S. The number of nitrogens with zero attached hydrogens (tertiary/aromatic N) is 1. The van der Waals surface area contributed by atoms with E-state index in [9.17, 15) is 19.7 Å². The molecule has 18 heavy (non-hydrogen) atoms. The first-order valence-electron chi connectivity index (χ1n) is 4.67. The van der Waals surface area contributed by atoms with Crippen molar-refractivity contribution >= 4 is 29.4 Å². The van der Waals surface area contributed by atoms with Crippen LogP contribution in [0.15, 0.2) is 23.1 Å². The summed E-state index contributed by atoms with van der Waals surface area (Å²) in [4.78, 5) is 32.1. The molecule has 0 bridgehead atoms. The van der Waals surface area contributed by atoms with Crippen LogP contribution >= 0.6 is 11.8 Å². The van der Waals surface area contributed by atoms with Crippen molar-refractivity contribution in [1.82, 2.24) is 0 Å². The first kappa shape index (κ1) is 14.0. The molecule has 0 saturated carbocycles. The fraction of sp³-hybridized carbons (Fsp3) is 0.200. The molecule has 0 fully saturated rings. The number of nitro groups is 1. The zero-order valence-corrected chi connectivity index (χ0v) is 10.1. The van der Waals surface area contributed by atoms with Gasteiger partial charge < -0.3 is 9.84 Å². The number of rotatable bonds is 5. The third-order valence-electron chi connectivity index (χ3n) is 1.93. The van der Waals surface area contributed by atoms with Gasteiger partial charge in [0.05, 0.1) is 23.3 Å². The Hall–Kier alpha value is -2.09. The Morgan fingerprint density at radius 3 is 2.67 bits per heavy atom. The maximum Gasteiger partial charge on any atom is 0.338 e. The van der Waals surface area contributed by atoms with Crippen molar-refractivity contribution in [2.24, 2.45) is 0 Å². The van der Waals surface area contributed by atoms with Crippen LogP contribution in [0.2, 0.25) is 0 Å². The smallest absolute Gasteiger partial charge is 0.338 e. The number of carboxylic acid groups (broad SMARTS) is 1. The summed E-state index contributed by atoms with van der Waals surface area (Å²) in [6.07, 6.45) is 0. The van der Waals surface area contributed by atoms with Crippen molar-refractivity contribution in [1.29, 1.82) is 0 Å². The van der Waals surface area contributed by atoms with E-state index in [0.717, 1.165) is 23.9 Å². The minimum atomic E-state index is -1.08. The number of carbonyl (C=O) groups excluding carboxylic acids is 1. The Kier molecular flexibility index (Phi) is 4.67. The molecule has 0 atom stereocenters. The molecule has 96 valence electrons. The molecular weight excluding hydrogens is 262 g/mol. The van der Waals surface area contributed by atoms with Crippen LogP contribution in [0.5, 0.6) is 0 Å². The Labute approximate surface area is 106 Å². The molecule has 0 aliphatic carbocycles. The molecule has 0 heterocycles. The van der Waals surface area contributed by atoms with Gasteiger partial charge in [-0.1, -0.05) is 0 Å². The van der Waals surface area contributed by atoms with Crippen LogP contribution in [0.25, 0.3) is 0 Å². The molecule has 1 rings (SSSR count). The molecule has 1 aromatic carbocycles. The van der Waals surface area contributed by atoms with Gasteiger partial charge >= 0.3 is 11.9 Å². The van der Waals surface area contributed by atoms with Gasteiger partial charge in [0.2, 0.25) is 0 Å². The summed E-state index contributed by atoms with van der Waals surface area (Å²) in [5.41, 5.74) is -0.107. The number of esters is 1. The minimum Gasteiger partial charge on any atom is -0.481 e. The third-order valence-corrected chi connectivity index (χ3v) is 2.97. The number of aliphatic carboxylic acids is 1. The Bertz CT molecular complexity index is 501. The maximum atomic E-state index is 11.4. The predicted molar refractivity (Wildman–Crippen MR) is 62.8 cm³/mol. The lowest BCUT2D eigenvalue weighted by Crippen LogP contribution is -2.05. The molecule has 0 amide bonds. The second-order valence-electron chi connectivity index (χ2n) is 3.11. The number of hydrogen-bond donors (Lipinski definition) is 1. The Balaban J connectivity index is 3.13. The number of nitro benzene ring substituents is 1. The Morgan fingerprint density at radius 1 is 1.50 bits per heavy atom. The average Bonchev–Trinajstić information content (AvgIpc) is 2.34. The monoisotopic (exact) mass is 271 g/mol. The van der Waals surface area contributed by atoms with Crippen molar-refractivity contribution in [3.05, 3.63) is 33.9 Å². The van der Waals surface area contributed by atoms with Gasteiger partial charge in [0.1, 0.15) is 0 Å². The number of non-ortho nitro benzene ring substituents is 1. The van der Waals surface area contributed by atoms with Gasteiger partial charge in [-0.3, -0.25) is 14.9 Å². The normalized spacial score (nSPS) is 9.83. The molecule has 1 aromatic rings. The highest BCUT2D eigenvalue weighted by Crippen LogP contribution is 2.27. The van der Waals surface area contributed by atoms with Crippen molar-refractivity contribution in [3.63, 3.8) is 0 Å². The average molecular weight is 271 g/mol. The summed E-state index contributed by atoms with van der Waals surface area (Å²) in [5.74, 6) is -2.05. The van der Waals surface area contributed by atoms with Crippen LogP contribution < -0.4 is 0 Å². The number of ether oxygens (including phenoxy) is 1. The third kappa shape index (κ3) is 3.45. The summed E-state index contributed by atoms with van der Waals surface area (Å²) in [7, 11) is 1.18. The summed E-state index contributed by atoms with van der Waals surface area (Å²) in [6, 6.07) is 3.56. The number of carboxylic acids is 1. The zero-order chi connectivity index (χ0) is 13.7. The number of hydrogen-bond acceptors (Lipinski definition) is 6. The fourth-order valence-corrected chi connectivity index (χ4v) is 1.95. The molecule has 7 nitrogen and oxygen atoms in total. The van der Waals surface area contributed by atoms with E-state index in [-0.39, 0.29) is 21.9 Å². The quantitative estimate of drug-likeness (QED) is 0.374. The molecule has 0 saturated heterocycles. The molecule has 0 spiro atoms. The van der Waals surface area contributed by atoms with E-state index in [1.807, 2.05) is 0 Å². The number of benzene rings is 1. The maximum absolute atomic E-state index is 11.4. The van der Waals surface area contributed by atoms with Crippen LogP contribution in [0.4, 0.5) is 5.69 Å². The van der Waals surface area contributed by atoms with Crippen LogP contribution in [0, 0.1) is 10.1 Å². The van der Waals surface area contributed by atoms with Crippen LogP contribution in [-0.4, -0.2) is 34.8 Å². The number of methoxy groups -OCH3 is 1. The molecule has 0 aliphatic heterocycles. The second-order valence-corrected chi connectivity index (χ2v) is 4.13. The van der Waals surface area contributed by atoms with Crippen molar-refractivity contribution < 1.29 is 24.4 Å². The van der Waals surface area contributed by atoms with Gasteiger partial charge in [-0.05, 0) is 6.07 Å². The summed E-state index contributed by atoms with van der Waals surface area (Å²) in [6.45, 7) is 0. The van der Waals surface area contributed by atoms with Crippen LogP contribution in [-0.2, 0) is 9.53 Å². The van der Waals surface area contributed by atoms with Crippen molar-refractivity contribution in [2.45, 2.75) is 4.90 Å². The van der Waals surface area contributed by atoms with E-state index in [1.54, 1.807) is 0 Å². The van der Waals surface area contributed by atoms with Gasteiger partial charge in [0.15, 0.2) is 0 Å². The lowest BCUT2D eigenvalue weighted by molar-refractivity contribution is -0.385. The Morgan fingerprint density at radius 2 is 2.17 bits per heavy atom. The minimum absolute atomic E-state index is 0.106. The van der Waals surface area contributed by atoms with Crippen molar-refractivity contribution in [3.8, 4) is 0 Å². The van der Waals surface area contributed by atoms with Gasteiger partial charge in [-0.15, -0.1) is 11.8 Å². The molecule has 1 N–H and O–H groups in total. The lowest BCUT2D eigenvalue weighted by Gasteiger charge is -2.06. The highest BCUT2D eigenvalue weighted by molar-refractivity contribution is 8.00. The van der Waals surface area contributed by atoms with E-state index in [4.69, 9.17) is 5.11 Å². The molecule has 0 unspecified atom stereocenters. The fourth-order valence-electron chi connectivity index (χ4n) is 1.16. The molecule has 8 heteroatoms. The van der Waals surface area contributed by atoms with Gasteiger partial charge in [-0.2, -0.15) is 0 Å². The molecule has 0 radical (unpaired) electrons. The largest absolute Gasteiger partial charge is 0.481 e.